The molecule has 0 radical (unpaired) electrons. The quantitative estimate of drug-likeness (QED) is 0.414. The molecule has 1 rings (SSSR count). The maximum Gasteiger partial charge on any atom is 0.573 e. The van der Waals surface area contributed by atoms with Gasteiger partial charge in [-0.1, -0.05) is 0 Å². The van der Waals surface area contributed by atoms with Gasteiger partial charge in [0, 0.05) is 11.2 Å². The number of halogens is 4. The first-order valence-corrected chi connectivity index (χ1v) is 6.60. The van der Waals surface area contributed by atoms with Crippen molar-refractivity contribution in [3.8, 4) is 5.75 Å². The van der Waals surface area contributed by atoms with Crippen molar-refractivity contribution in [1.82, 2.24) is 4.90 Å². The van der Waals surface area contributed by atoms with E-state index >= 15 is 0 Å². The smallest absolute Gasteiger partial charge is 0.406 e. The van der Waals surface area contributed by atoms with Crippen LogP contribution in [0.3, 0.4) is 0 Å². The SMILES string of the molecule is CN(C)C(C)(C)CN=C(N)Nc1ccc(OC(F)(F)F)cc1.I. The molecule has 0 spiro atoms. The molecule has 0 unspecified atom stereocenters. The van der Waals surface area contributed by atoms with Crippen LogP contribution in [0.25, 0.3) is 0 Å². The van der Waals surface area contributed by atoms with Crippen molar-refractivity contribution in [2.75, 3.05) is 26.0 Å². The molecule has 132 valence electrons. The van der Waals surface area contributed by atoms with Crippen LogP contribution in [-0.4, -0.2) is 43.4 Å². The molecular weight excluding hydrogens is 424 g/mol. The topological polar surface area (TPSA) is 62.9 Å². The van der Waals surface area contributed by atoms with Gasteiger partial charge in [-0.3, -0.25) is 4.99 Å². The predicted molar refractivity (Wildman–Crippen MR) is 96.4 cm³/mol. The molecule has 0 fully saturated rings. The summed E-state index contributed by atoms with van der Waals surface area (Å²) in [6, 6.07) is 5.26. The minimum absolute atomic E-state index is 0. The molecule has 0 saturated carbocycles. The van der Waals surface area contributed by atoms with E-state index in [1.807, 2.05) is 32.8 Å². The molecule has 5 nitrogen and oxygen atoms in total. The summed E-state index contributed by atoms with van der Waals surface area (Å²) in [7, 11) is 3.89. The second-order valence-corrected chi connectivity index (χ2v) is 5.61. The van der Waals surface area contributed by atoms with Crippen molar-refractivity contribution < 1.29 is 17.9 Å². The van der Waals surface area contributed by atoms with E-state index in [2.05, 4.69) is 15.0 Å². The average molecular weight is 446 g/mol. The summed E-state index contributed by atoms with van der Waals surface area (Å²) in [6.45, 7) is 4.52. The van der Waals surface area contributed by atoms with Gasteiger partial charge in [0.15, 0.2) is 5.96 Å². The zero-order valence-corrected chi connectivity index (χ0v) is 15.8. The zero-order valence-electron chi connectivity index (χ0n) is 13.4. The van der Waals surface area contributed by atoms with Crippen LogP contribution < -0.4 is 15.8 Å². The highest BCUT2D eigenvalue weighted by molar-refractivity contribution is 14.0. The van der Waals surface area contributed by atoms with Crippen molar-refractivity contribution >= 4 is 35.6 Å². The molecule has 3 N–H and O–H groups in total. The average Bonchev–Trinajstić information content (AvgIpc) is 2.37. The fraction of sp³-hybridized carbons (Fsp3) is 0.500. The normalized spacial score (nSPS) is 12.8. The summed E-state index contributed by atoms with van der Waals surface area (Å²) in [5, 5.41) is 2.82. The third-order valence-corrected chi connectivity index (χ3v) is 3.21. The Hall–Kier alpha value is -1.23. The lowest BCUT2D eigenvalue weighted by Crippen LogP contribution is -2.41. The van der Waals surface area contributed by atoms with Crippen LogP contribution in [0.2, 0.25) is 0 Å². The number of rotatable bonds is 5. The van der Waals surface area contributed by atoms with Gasteiger partial charge in [-0.15, -0.1) is 37.1 Å². The molecule has 9 heteroatoms. The minimum atomic E-state index is -4.70. The van der Waals surface area contributed by atoms with E-state index in [0.29, 0.717) is 12.2 Å². The van der Waals surface area contributed by atoms with Gasteiger partial charge in [-0.05, 0) is 52.2 Å². The highest BCUT2D eigenvalue weighted by Crippen LogP contribution is 2.23. The van der Waals surface area contributed by atoms with Gasteiger partial charge < -0.3 is 20.7 Å². The molecule has 0 aliphatic heterocycles. The molecule has 0 amide bonds. The fourth-order valence-corrected chi connectivity index (χ4v) is 1.35. The molecule has 0 saturated heterocycles. The molecule has 1 aromatic carbocycles. The fourth-order valence-electron chi connectivity index (χ4n) is 1.35. The van der Waals surface area contributed by atoms with Crippen LogP contribution in [0, 0.1) is 0 Å². The second kappa shape index (κ2) is 8.57. The number of hydrogen-bond acceptors (Lipinski definition) is 3. The molecule has 1 aromatic rings. The molecule has 0 heterocycles. The van der Waals surface area contributed by atoms with Crippen molar-refractivity contribution in [3.05, 3.63) is 24.3 Å². The van der Waals surface area contributed by atoms with Gasteiger partial charge >= 0.3 is 6.36 Å². The van der Waals surface area contributed by atoms with E-state index in [-0.39, 0.29) is 41.2 Å². The van der Waals surface area contributed by atoms with E-state index in [4.69, 9.17) is 5.73 Å². The van der Waals surface area contributed by atoms with Crippen molar-refractivity contribution in [2.45, 2.75) is 25.7 Å². The Labute approximate surface area is 151 Å². The number of guanidine groups is 1. The van der Waals surface area contributed by atoms with Crippen LogP contribution in [-0.2, 0) is 0 Å². The standard InChI is InChI=1S/C14H21F3N4O.HI/c1-13(2,21(3)4)9-19-12(18)20-10-5-7-11(8-6-10)22-14(15,16)17;/h5-8H,9H2,1-4H3,(H3,18,19,20);1H. The Morgan fingerprint density at radius 3 is 2.17 bits per heavy atom. The van der Waals surface area contributed by atoms with Gasteiger partial charge in [-0.25, -0.2) is 0 Å². The van der Waals surface area contributed by atoms with Gasteiger partial charge in [0.25, 0.3) is 0 Å². The number of hydrogen-bond donors (Lipinski definition) is 2. The highest BCUT2D eigenvalue weighted by Gasteiger charge is 2.30. The maximum atomic E-state index is 12.0. The van der Waals surface area contributed by atoms with E-state index < -0.39 is 6.36 Å². The first kappa shape index (κ1) is 21.8. The zero-order chi connectivity index (χ0) is 17.0. The number of anilines is 1. The molecule has 0 bridgehead atoms. The second-order valence-electron chi connectivity index (χ2n) is 5.61. The third-order valence-electron chi connectivity index (χ3n) is 3.21. The van der Waals surface area contributed by atoms with E-state index in [0.717, 1.165) is 0 Å². The first-order valence-electron chi connectivity index (χ1n) is 6.60. The van der Waals surface area contributed by atoms with Gasteiger partial charge in [0.1, 0.15) is 5.75 Å². The molecule has 23 heavy (non-hydrogen) atoms. The number of aliphatic imine (C=N–C) groups is 1. The summed E-state index contributed by atoms with van der Waals surface area (Å²) in [5.74, 6) is -0.0956. The number of nitrogens with zero attached hydrogens (tertiary/aromatic N) is 2. The summed E-state index contributed by atoms with van der Waals surface area (Å²) in [5.41, 5.74) is 6.13. The van der Waals surface area contributed by atoms with Gasteiger partial charge in [-0.2, -0.15) is 0 Å². The Balaban J connectivity index is 0.00000484. The number of alkyl halides is 3. The molecule has 0 aliphatic rings. The molecule has 0 aliphatic carbocycles. The summed E-state index contributed by atoms with van der Waals surface area (Å²) < 4.78 is 39.9. The summed E-state index contributed by atoms with van der Waals surface area (Å²) in [6.07, 6.45) is -4.70. The Bertz CT molecular complexity index is 516. The Kier molecular flexibility index (Phi) is 8.12. The number of nitrogens with two attached hydrogens (primary N) is 1. The largest absolute Gasteiger partial charge is 0.573 e. The first-order chi connectivity index (χ1) is 9.99. The highest BCUT2D eigenvalue weighted by atomic mass is 127. The lowest BCUT2D eigenvalue weighted by atomic mass is 10.1. The molecular formula is C14H22F3IN4O. The summed E-state index contributed by atoms with van der Waals surface area (Å²) >= 11 is 0. The lowest BCUT2D eigenvalue weighted by Gasteiger charge is -2.30. The van der Waals surface area contributed by atoms with E-state index in [1.165, 1.54) is 24.3 Å². The van der Waals surface area contributed by atoms with Crippen LogP contribution in [0.5, 0.6) is 5.75 Å². The van der Waals surface area contributed by atoms with Crippen LogP contribution in [0.1, 0.15) is 13.8 Å². The van der Waals surface area contributed by atoms with E-state index in [9.17, 15) is 13.2 Å². The third kappa shape index (κ3) is 8.26. The minimum Gasteiger partial charge on any atom is -0.406 e. The molecule has 0 atom stereocenters. The van der Waals surface area contributed by atoms with Gasteiger partial charge in [0.05, 0.1) is 6.54 Å². The number of benzene rings is 1. The van der Waals surface area contributed by atoms with Crippen LogP contribution in [0.4, 0.5) is 18.9 Å². The number of likely N-dealkylation sites (N-methyl/N-ethyl adjacent to an activating group) is 1. The maximum absolute atomic E-state index is 12.0. The van der Waals surface area contributed by atoms with E-state index in [1.54, 1.807) is 0 Å². The lowest BCUT2D eigenvalue weighted by molar-refractivity contribution is -0.274. The molecule has 0 aromatic heterocycles. The Morgan fingerprint density at radius 2 is 1.74 bits per heavy atom. The Morgan fingerprint density at radius 1 is 1.22 bits per heavy atom. The van der Waals surface area contributed by atoms with Crippen LogP contribution >= 0.6 is 24.0 Å². The van der Waals surface area contributed by atoms with Crippen LogP contribution in [0.15, 0.2) is 29.3 Å². The van der Waals surface area contributed by atoms with Gasteiger partial charge in [0.2, 0.25) is 0 Å². The number of nitrogens with one attached hydrogen (secondary N) is 1. The van der Waals surface area contributed by atoms with Crippen molar-refractivity contribution in [1.29, 1.82) is 0 Å². The summed E-state index contributed by atoms with van der Waals surface area (Å²) in [4.78, 5) is 6.25. The number of ether oxygens (including phenoxy) is 1. The van der Waals surface area contributed by atoms with Crippen molar-refractivity contribution in [2.24, 2.45) is 10.7 Å². The monoisotopic (exact) mass is 446 g/mol. The predicted octanol–water partition coefficient (Wildman–Crippen LogP) is 3.27. The van der Waals surface area contributed by atoms with Crippen molar-refractivity contribution in [3.63, 3.8) is 0 Å².